The molecule has 4 heterocycles. The van der Waals surface area contributed by atoms with Crippen LogP contribution in [-0.4, -0.2) is 71.5 Å². The topological polar surface area (TPSA) is 100 Å². The number of hydrogen-bond donors (Lipinski definition) is 1. The van der Waals surface area contributed by atoms with Crippen LogP contribution in [0.3, 0.4) is 0 Å². The van der Waals surface area contributed by atoms with Crippen LogP contribution in [0.4, 0.5) is 10.2 Å². The minimum absolute atomic E-state index is 0.0320. The van der Waals surface area contributed by atoms with Crippen LogP contribution < -0.4 is 5.32 Å². The van der Waals surface area contributed by atoms with Gasteiger partial charge in [0.05, 0.1) is 6.20 Å². The van der Waals surface area contributed by atoms with E-state index in [4.69, 9.17) is 0 Å². The summed E-state index contributed by atoms with van der Waals surface area (Å²) in [6.45, 7) is 2.37. The van der Waals surface area contributed by atoms with Gasteiger partial charge in [0.25, 0.3) is 5.91 Å². The summed E-state index contributed by atoms with van der Waals surface area (Å²) in [6.07, 6.45) is 5.34. The normalized spacial score (nSPS) is 17.5. The fourth-order valence-electron chi connectivity index (χ4n) is 5.30. The number of carbonyl (C=O) groups excluding carboxylic acids is 1. The van der Waals surface area contributed by atoms with Crippen molar-refractivity contribution >= 4 is 32.5 Å². The maximum atomic E-state index is 14.6. The average molecular weight is 521 g/mol. The zero-order valence-electron chi connectivity index (χ0n) is 20.3. The smallest absolute Gasteiger partial charge is 0.256 e. The van der Waals surface area contributed by atoms with Crippen molar-refractivity contribution in [2.75, 3.05) is 38.5 Å². The number of hydrogen-bond acceptors (Lipinski definition) is 6. The molecule has 0 atom stereocenters. The molecular formula is C26H25FN6O3S. The lowest BCUT2D eigenvalue weighted by Crippen LogP contribution is -2.71. The molecule has 6 rings (SSSR count). The number of carbonyl (C=O) groups is 1. The molecule has 2 aromatic carbocycles. The lowest BCUT2D eigenvalue weighted by atomic mass is 9.75. The summed E-state index contributed by atoms with van der Waals surface area (Å²) in [5, 5.41) is 8.66. The van der Waals surface area contributed by atoms with Crippen molar-refractivity contribution in [2.45, 2.75) is 4.90 Å². The first-order valence-electron chi connectivity index (χ1n) is 11.8. The number of aryl methyl sites for hydroxylation is 1. The van der Waals surface area contributed by atoms with Gasteiger partial charge in [-0.25, -0.2) is 17.8 Å². The molecule has 0 saturated carbocycles. The number of aromatic nitrogens is 3. The predicted octanol–water partition coefficient (Wildman–Crippen LogP) is 2.96. The van der Waals surface area contributed by atoms with Crippen molar-refractivity contribution in [3.8, 4) is 11.1 Å². The molecule has 0 aliphatic carbocycles. The monoisotopic (exact) mass is 520 g/mol. The highest BCUT2D eigenvalue weighted by molar-refractivity contribution is 7.89. The molecule has 2 aliphatic heterocycles. The van der Waals surface area contributed by atoms with Gasteiger partial charge in [0.1, 0.15) is 16.5 Å². The van der Waals surface area contributed by atoms with Gasteiger partial charge in [-0.2, -0.15) is 9.40 Å². The third-order valence-electron chi connectivity index (χ3n) is 7.05. The molecule has 1 N–H and O–H groups in total. The van der Waals surface area contributed by atoms with Crippen molar-refractivity contribution in [2.24, 2.45) is 12.5 Å². The number of pyridine rings is 1. The number of benzene rings is 2. The number of nitrogens with one attached hydrogen (secondary N) is 1. The Kier molecular flexibility index (Phi) is 5.41. The van der Waals surface area contributed by atoms with Crippen LogP contribution in [0.2, 0.25) is 0 Å². The molecule has 2 aliphatic rings. The van der Waals surface area contributed by atoms with E-state index in [0.717, 1.165) is 47.1 Å². The molecular weight excluding hydrogens is 495 g/mol. The van der Waals surface area contributed by atoms with Gasteiger partial charge in [-0.15, -0.1) is 0 Å². The van der Waals surface area contributed by atoms with E-state index in [1.165, 1.54) is 10.4 Å². The Morgan fingerprint density at radius 3 is 2.46 bits per heavy atom. The molecule has 9 nitrogen and oxygen atoms in total. The second kappa shape index (κ2) is 8.44. The Morgan fingerprint density at radius 2 is 1.76 bits per heavy atom. The SMILES string of the molecule is CN1CC2(C1)CN(S(=O)(=O)c1cc(C(=O)Nc3cc4cc(-c5cnn(C)c5)ccc4cn3)ccc1F)C2. The first-order valence-corrected chi connectivity index (χ1v) is 13.2. The van der Waals surface area contributed by atoms with Gasteiger partial charge >= 0.3 is 0 Å². The summed E-state index contributed by atoms with van der Waals surface area (Å²) in [6, 6.07) is 11.0. The van der Waals surface area contributed by atoms with E-state index in [1.54, 1.807) is 23.1 Å². The molecule has 11 heteroatoms. The number of fused-ring (bicyclic) bond motifs is 1. The van der Waals surface area contributed by atoms with Crippen LogP contribution in [0.1, 0.15) is 10.4 Å². The fraction of sp³-hybridized carbons (Fsp3) is 0.269. The molecule has 190 valence electrons. The highest BCUT2D eigenvalue weighted by Gasteiger charge is 2.54. The molecule has 2 saturated heterocycles. The molecule has 1 amide bonds. The number of anilines is 1. The molecule has 4 aromatic rings. The number of sulfonamides is 1. The summed E-state index contributed by atoms with van der Waals surface area (Å²) in [5.74, 6) is -1.16. The molecule has 37 heavy (non-hydrogen) atoms. The largest absolute Gasteiger partial charge is 0.307 e. The van der Waals surface area contributed by atoms with Crippen molar-refractivity contribution in [1.29, 1.82) is 0 Å². The Balaban J connectivity index is 1.23. The van der Waals surface area contributed by atoms with Crippen LogP contribution in [0.15, 0.2) is 66.0 Å². The summed E-state index contributed by atoms with van der Waals surface area (Å²) in [7, 11) is -0.218. The van der Waals surface area contributed by atoms with E-state index in [1.807, 2.05) is 38.5 Å². The number of rotatable bonds is 5. The average Bonchev–Trinajstić information content (AvgIpc) is 3.26. The second-order valence-electron chi connectivity index (χ2n) is 10.1. The van der Waals surface area contributed by atoms with Crippen molar-refractivity contribution in [3.63, 3.8) is 0 Å². The maximum Gasteiger partial charge on any atom is 0.256 e. The van der Waals surface area contributed by atoms with Crippen LogP contribution in [0, 0.1) is 11.2 Å². The van der Waals surface area contributed by atoms with E-state index in [2.05, 4.69) is 20.3 Å². The van der Waals surface area contributed by atoms with Gasteiger partial charge in [0.2, 0.25) is 10.0 Å². The lowest BCUT2D eigenvalue weighted by molar-refractivity contribution is -0.0673. The molecule has 0 bridgehead atoms. The zero-order chi connectivity index (χ0) is 25.9. The molecule has 0 radical (unpaired) electrons. The summed E-state index contributed by atoms with van der Waals surface area (Å²) >= 11 is 0. The first kappa shape index (κ1) is 23.7. The van der Waals surface area contributed by atoms with Gasteiger partial charge in [-0.3, -0.25) is 9.48 Å². The minimum atomic E-state index is -4.05. The van der Waals surface area contributed by atoms with Crippen molar-refractivity contribution < 1.29 is 17.6 Å². The summed E-state index contributed by atoms with van der Waals surface area (Å²) in [5.41, 5.74) is 1.93. The first-order chi connectivity index (χ1) is 17.6. The Morgan fingerprint density at radius 1 is 0.973 bits per heavy atom. The van der Waals surface area contributed by atoms with E-state index in [9.17, 15) is 17.6 Å². The Hall–Kier alpha value is -3.67. The van der Waals surface area contributed by atoms with Crippen LogP contribution in [0.5, 0.6) is 0 Å². The minimum Gasteiger partial charge on any atom is -0.307 e. The lowest BCUT2D eigenvalue weighted by Gasteiger charge is -2.58. The van der Waals surface area contributed by atoms with Crippen LogP contribution in [0.25, 0.3) is 21.9 Å². The van der Waals surface area contributed by atoms with E-state index >= 15 is 0 Å². The Bertz CT molecular complexity index is 1650. The van der Waals surface area contributed by atoms with Gasteiger partial charge in [0, 0.05) is 67.5 Å². The maximum absolute atomic E-state index is 14.6. The molecule has 2 fully saturated rings. The summed E-state index contributed by atoms with van der Waals surface area (Å²) < 4.78 is 43.8. The number of likely N-dealkylation sites (tertiary alicyclic amines) is 1. The zero-order valence-corrected chi connectivity index (χ0v) is 21.2. The summed E-state index contributed by atoms with van der Waals surface area (Å²) in [4.78, 5) is 18.9. The number of nitrogens with zero attached hydrogens (tertiary/aromatic N) is 5. The standard InChI is InChI=1S/C26H25FN6O3S/c1-31-13-26(14-31)15-33(16-26)37(35,36)23-8-18(5-6-22(23)27)25(34)30-24-9-20-7-17(3-4-19(20)10-28-24)21-11-29-32(2)12-21/h3-12H,13-16H2,1-2H3,(H,28,30,34). The predicted molar refractivity (Wildman–Crippen MR) is 137 cm³/mol. The highest BCUT2D eigenvalue weighted by atomic mass is 32.2. The van der Waals surface area contributed by atoms with Gasteiger partial charge in [-0.05, 0) is 48.3 Å². The molecule has 2 aromatic heterocycles. The Labute approximate surface area is 213 Å². The molecule has 0 unspecified atom stereocenters. The van der Waals surface area contributed by atoms with Gasteiger partial charge < -0.3 is 10.2 Å². The van der Waals surface area contributed by atoms with Crippen LogP contribution >= 0.6 is 0 Å². The van der Waals surface area contributed by atoms with E-state index in [0.29, 0.717) is 18.9 Å². The highest BCUT2D eigenvalue weighted by Crippen LogP contribution is 2.41. The third kappa shape index (κ3) is 4.18. The number of halogens is 1. The quantitative estimate of drug-likeness (QED) is 0.434. The third-order valence-corrected chi connectivity index (χ3v) is 8.85. The fourth-order valence-corrected chi connectivity index (χ4v) is 7.06. The second-order valence-corrected chi connectivity index (χ2v) is 12.0. The number of amides is 1. The molecule has 1 spiro atoms. The van der Waals surface area contributed by atoms with E-state index < -0.39 is 26.6 Å². The van der Waals surface area contributed by atoms with Gasteiger partial charge in [0.15, 0.2) is 0 Å². The van der Waals surface area contributed by atoms with Gasteiger partial charge in [-0.1, -0.05) is 12.1 Å². The van der Waals surface area contributed by atoms with E-state index in [-0.39, 0.29) is 11.0 Å². The van der Waals surface area contributed by atoms with Crippen LogP contribution in [-0.2, 0) is 17.1 Å². The van der Waals surface area contributed by atoms with Crippen molar-refractivity contribution in [3.05, 3.63) is 72.4 Å². The van der Waals surface area contributed by atoms with Crippen molar-refractivity contribution in [1.82, 2.24) is 24.0 Å².